The summed E-state index contributed by atoms with van der Waals surface area (Å²) in [6.07, 6.45) is 0. The molecule has 0 fully saturated rings. The van der Waals surface area contributed by atoms with Gasteiger partial charge in [0.1, 0.15) is 5.75 Å². The monoisotopic (exact) mass is 138 g/mol. The quantitative estimate of drug-likeness (QED) is 0.593. The number of hydrogen-bond acceptors (Lipinski definition) is 2. The van der Waals surface area contributed by atoms with Crippen molar-refractivity contribution in [2.24, 2.45) is 5.73 Å². The van der Waals surface area contributed by atoms with Gasteiger partial charge in [0, 0.05) is 0 Å². The second kappa shape index (κ2) is 2.39. The lowest BCUT2D eigenvalue weighted by Gasteiger charge is -1.96. The van der Waals surface area contributed by atoms with Gasteiger partial charge >= 0.3 is 0 Å². The Bertz CT molecular complexity index is 275. The van der Waals surface area contributed by atoms with Crippen LogP contribution in [0, 0.1) is 0 Å². The minimum atomic E-state index is -0.608. The lowest BCUT2D eigenvalue weighted by atomic mass is 10.2. The summed E-state index contributed by atoms with van der Waals surface area (Å²) in [6, 6.07) is 6.06. The van der Waals surface area contributed by atoms with Gasteiger partial charge < -0.3 is 10.8 Å². The average molecular weight is 138 g/mol. The number of para-hydroxylation sites is 1. The number of hydrogen-bond donors (Lipinski definition) is 2. The summed E-state index contributed by atoms with van der Waals surface area (Å²) < 4.78 is 6.53. The maximum absolute atomic E-state index is 10.8. The summed E-state index contributed by atoms with van der Waals surface area (Å²) >= 11 is 0. The molecule has 0 aromatic heterocycles. The highest BCUT2D eigenvalue weighted by Crippen LogP contribution is 2.13. The van der Waals surface area contributed by atoms with E-state index in [0.29, 0.717) is 0 Å². The summed E-state index contributed by atoms with van der Waals surface area (Å²) in [5, 5.41) is 9.07. The first-order valence-corrected chi connectivity index (χ1v) is 2.76. The minimum Gasteiger partial charge on any atom is -0.507 e. The van der Waals surface area contributed by atoms with Gasteiger partial charge in [-0.3, -0.25) is 4.79 Å². The Morgan fingerprint density at radius 1 is 1.60 bits per heavy atom. The Hall–Kier alpha value is -1.51. The van der Waals surface area contributed by atoms with E-state index in [9.17, 15) is 4.79 Å². The van der Waals surface area contributed by atoms with E-state index in [1.165, 1.54) is 12.1 Å². The zero-order chi connectivity index (χ0) is 8.27. The first-order valence-electron chi connectivity index (χ1n) is 3.26. The van der Waals surface area contributed by atoms with Crippen LogP contribution in [-0.2, 0) is 0 Å². The van der Waals surface area contributed by atoms with Crippen molar-refractivity contribution in [1.29, 1.82) is 0 Å². The number of benzene rings is 1. The predicted molar refractivity (Wildman–Crippen MR) is 36.6 cm³/mol. The van der Waals surface area contributed by atoms with Gasteiger partial charge in [-0.05, 0) is 12.1 Å². The van der Waals surface area contributed by atoms with Crippen LogP contribution < -0.4 is 5.73 Å². The molecule has 1 aromatic carbocycles. The van der Waals surface area contributed by atoms with Gasteiger partial charge in [-0.25, -0.2) is 0 Å². The largest absolute Gasteiger partial charge is 0.507 e. The molecule has 52 valence electrons. The second-order valence-corrected chi connectivity index (χ2v) is 1.85. The van der Waals surface area contributed by atoms with Gasteiger partial charge in [-0.1, -0.05) is 12.1 Å². The van der Waals surface area contributed by atoms with E-state index in [1.807, 2.05) is 0 Å². The van der Waals surface area contributed by atoms with E-state index in [-0.39, 0.29) is 11.3 Å². The summed E-state index contributed by atoms with van der Waals surface area (Å²) in [7, 11) is 0. The van der Waals surface area contributed by atoms with Crippen molar-refractivity contribution >= 4 is 5.91 Å². The molecule has 3 nitrogen and oxygen atoms in total. The van der Waals surface area contributed by atoms with Crippen LogP contribution in [0.2, 0.25) is 1.41 Å². The van der Waals surface area contributed by atoms with Crippen LogP contribution in [-0.4, -0.2) is 11.0 Å². The number of primary amides is 1. The number of amides is 1. The molecule has 0 aliphatic heterocycles. The molecule has 1 aromatic rings. The highest BCUT2D eigenvalue weighted by molar-refractivity contribution is 5.95. The normalized spacial score (nSPS) is 10.2. The first kappa shape index (κ1) is 5.29. The number of carbonyl (C=O) groups excluding carboxylic acids is 1. The molecule has 0 heterocycles. The van der Waals surface area contributed by atoms with Gasteiger partial charge in [0.2, 0.25) is 0 Å². The fourth-order valence-electron chi connectivity index (χ4n) is 0.666. The topological polar surface area (TPSA) is 63.3 Å². The summed E-state index contributed by atoms with van der Waals surface area (Å²) in [5.74, 6) is -0.722. The summed E-state index contributed by atoms with van der Waals surface area (Å²) in [6.45, 7) is 0. The lowest BCUT2D eigenvalue weighted by Crippen LogP contribution is -2.10. The number of rotatable bonds is 1. The molecule has 3 N–H and O–H groups in total. The molecule has 0 bridgehead atoms. The first-order chi connectivity index (χ1) is 5.25. The van der Waals surface area contributed by atoms with Crippen molar-refractivity contribution in [2.45, 2.75) is 0 Å². The van der Waals surface area contributed by atoms with E-state index in [0.717, 1.165) is 0 Å². The molecule has 0 saturated heterocycles. The molecule has 0 aliphatic carbocycles. The van der Waals surface area contributed by atoms with Gasteiger partial charge in [0.05, 0.1) is 5.56 Å². The molecule has 0 unspecified atom stereocenters. The SMILES string of the molecule is [2H]NC(=O)c1ccccc1O. The van der Waals surface area contributed by atoms with Crippen LogP contribution in [0.3, 0.4) is 0 Å². The number of nitrogens with two attached hydrogens (primary N) is 1. The molecule has 0 spiro atoms. The standard InChI is InChI=1S/C7H7NO2/c8-7(10)5-3-1-2-4-6(5)9/h1-4,9H,(H2,8,10)/i/hD. The predicted octanol–water partition coefficient (Wildman–Crippen LogP) is 0.491. The molecule has 10 heavy (non-hydrogen) atoms. The fourth-order valence-corrected chi connectivity index (χ4v) is 0.666. The number of aromatic hydroxyl groups is 1. The van der Waals surface area contributed by atoms with Gasteiger partial charge in [-0.15, -0.1) is 0 Å². The van der Waals surface area contributed by atoms with Crippen molar-refractivity contribution in [3.63, 3.8) is 0 Å². The van der Waals surface area contributed by atoms with E-state index in [4.69, 9.17) is 6.52 Å². The molecular formula is C7H7NO2. The summed E-state index contributed by atoms with van der Waals surface area (Å²) in [5.41, 5.74) is 1.79. The second-order valence-electron chi connectivity index (χ2n) is 1.85. The maximum Gasteiger partial charge on any atom is 0.252 e. The van der Waals surface area contributed by atoms with Gasteiger partial charge in [0.25, 0.3) is 5.91 Å². The Labute approximate surface area is 59.6 Å². The van der Waals surface area contributed by atoms with Crippen molar-refractivity contribution in [3.05, 3.63) is 29.8 Å². The Morgan fingerprint density at radius 2 is 2.30 bits per heavy atom. The Morgan fingerprint density at radius 3 is 2.90 bits per heavy atom. The smallest absolute Gasteiger partial charge is 0.252 e. The van der Waals surface area contributed by atoms with Crippen LogP contribution in [0.15, 0.2) is 24.3 Å². The van der Waals surface area contributed by atoms with E-state index in [2.05, 4.69) is 0 Å². The number of carbonyl (C=O) groups is 1. The molecule has 1 amide bonds. The third-order valence-corrected chi connectivity index (χ3v) is 1.15. The van der Waals surface area contributed by atoms with Gasteiger partial charge in [-0.2, -0.15) is 0 Å². The third-order valence-electron chi connectivity index (χ3n) is 1.15. The van der Waals surface area contributed by atoms with E-state index in [1.54, 1.807) is 17.9 Å². The highest BCUT2D eigenvalue weighted by Gasteiger charge is 2.03. The lowest BCUT2D eigenvalue weighted by molar-refractivity contribution is 0.0998. The van der Waals surface area contributed by atoms with Crippen LogP contribution >= 0.6 is 0 Å². The summed E-state index contributed by atoms with van der Waals surface area (Å²) in [4.78, 5) is 10.8. The molecular weight excluding hydrogens is 130 g/mol. The molecule has 3 heteroatoms. The maximum atomic E-state index is 10.8. The van der Waals surface area contributed by atoms with Crippen LogP contribution in [0.4, 0.5) is 0 Å². The van der Waals surface area contributed by atoms with Gasteiger partial charge in [0.15, 0.2) is 1.41 Å². The molecule has 0 aliphatic rings. The van der Waals surface area contributed by atoms with Crippen molar-refractivity contribution in [1.82, 2.24) is 0 Å². The molecule has 0 saturated carbocycles. The van der Waals surface area contributed by atoms with Crippen LogP contribution in [0.25, 0.3) is 0 Å². The van der Waals surface area contributed by atoms with E-state index >= 15 is 0 Å². The van der Waals surface area contributed by atoms with Crippen LogP contribution in [0.1, 0.15) is 10.4 Å². The van der Waals surface area contributed by atoms with Crippen molar-refractivity contribution in [3.8, 4) is 5.75 Å². The molecule has 0 atom stereocenters. The Balaban J connectivity index is 3.03. The van der Waals surface area contributed by atoms with Crippen LogP contribution in [0.5, 0.6) is 5.75 Å². The highest BCUT2D eigenvalue weighted by atomic mass is 16.3. The number of phenols is 1. The molecule has 1 rings (SSSR count). The van der Waals surface area contributed by atoms with Crippen molar-refractivity contribution < 1.29 is 11.3 Å². The van der Waals surface area contributed by atoms with E-state index < -0.39 is 5.91 Å². The zero-order valence-electron chi connectivity index (χ0n) is 6.16. The minimum absolute atomic E-state index is 0.113. The third kappa shape index (κ3) is 1.07. The fraction of sp³-hybridized carbons (Fsp3) is 0. The average Bonchev–Trinajstić information content (AvgIpc) is 2.04. The molecule has 0 radical (unpaired) electrons. The zero-order valence-corrected chi connectivity index (χ0v) is 5.16. The Kier molecular flexibility index (Phi) is 1.26. The van der Waals surface area contributed by atoms with Crippen molar-refractivity contribution in [2.75, 3.05) is 0 Å².